The monoisotopic (exact) mass is 602 g/mol. The van der Waals surface area contributed by atoms with Crippen molar-refractivity contribution in [1.29, 1.82) is 0 Å². The van der Waals surface area contributed by atoms with Crippen LogP contribution in [0, 0.1) is 19.3 Å². The third kappa shape index (κ3) is 4.21. The highest BCUT2D eigenvalue weighted by Gasteiger charge is 2.56. The van der Waals surface area contributed by atoms with Gasteiger partial charge in [0.1, 0.15) is 5.41 Å². The Kier molecular flexibility index (Phi) is 6.90. The molecule has 2 aliphatic carbocycles. The fourth-order valence-electron chi connectivity index (χ4n) is 8.66. The lowest BCUT2D eigenvalue weighted by atomic mass is 9.58. The molecule has 46 heavy (non-hydrogen) atoms. The van der Waals surface area contributed by atoms with Gasteiger partial charge in [0, 0.05) is 34.4 Å². The maximum absolute atomic E-state index is 14.1. The molecule has 8 rings (SSSR count). The number of nitrogens with one attached hydrogen (secondary N) is 1. The molecular formula is C41H39BN2O2. The number of ketones is 2. The highest BCUT2D eigenvalue weighted by Crippen LogP contribution is 2.49. The largest absolute Gasteiger partial charge is 0.409 e. The number of anilines is 2. The Morgan fingerprint density at radius 3 is 2.11 bits per heavy atom. The molecule has 4 nitrogen and oxygen atoms in total. The van der Waals surface area contributed by atoms with Crippen molar-refractivity contribution in [1.82, 2.24) is 0 Å². The van der Waals surface area contributed by atoms with Crippen LogP contribution in [0.5, 0.6) is 0 Å². The Morgan fingerprint density at radius 2 is 1.41 bits per heavy atom. The molecule has 0 fully saturated rings. The van der Waals surface area contributed by atoms with Crippen molar-refractivity contribution in [3.8, 4) is 0 Å². The van der Waals surface area contributed by atoms with Gasteiger partial charge in [-0.25, -0.2) is 0 Å². The number of fused-ring (bicyclic) bond motifs is 2. The number of rotatable bonds is 7. The standard InChI is InChI=1S/C41H39BN2O2/c1-4-5-7-18-30-26(2)33-23-41(39(45)31-19-10-11-20-32(31)40(41)46)24-34(33)27(3)38(30)42-43-35-21-12-16-29-17-13-22-36(37(29)35)44(42)25-28-14-8-6-9-15-28/h6,8-17,19-22,43H,4-5,7,18,23-25H2,1-3H3. The minimum Gasteiger partial charge on any atom is -0.405 e. The normalized spacial score (nSPS) is 15.9. The van der Waals surface area contributed by atoms with Crippen LogP contribution in [0.15, 0.2) is 91.0 Å². The average Bonchev–Trinajstić information content (AvgIpc) is 3.59. The van der Waals surface area contributed by atoms with E-state index < -0.39 is 5.41 Å². The van der Waals surface area contributed by atoms with Crippen molar-refractivity contribution in [2.75, 3.05) is 10.0 Å². The van der Waals surface area contributed by atoms with Gasteiger partial charge < -0.3 is 10.0 Å². The molecule has 1 N–H and O–H groups in total. The van der Waals surface area contributed by atoms with E-state index in [1.54, 1.807) is 0 Å². The molecule has 3 aliphatic rings. The SMILES string of the molecule is CCCCCc1c(C)c2c(c(C)c1B1Nc3cccc4cccc(c34)N1Cc1ccccc1)CC1(C2)C(=O)c2ccccc2C1=O. The summed E-state index contributed by atoms with van der Waals surface area (Å²) in [6.45, 7) is 7.40. The molecule has 0 radical (unpaired) electrons. The summed E-state index contributed by atoms with van der Waals surface area (Å²) >= 11 is 0. The molecule has 228 valence electrons. The molecule has 0 saturated heterocycles. The topological polar surface area (TPSA) is 49.4 Å². The van der Waals surface area contributed by atoms with E-state index in [1.807, 2.05) is 24.3 Å². The molecular weight excluding hydrogens is 563 g/mol. The maximum atomic E-state index is 14.1. The number of Topliss-reactive ketones (excluding diaryl/α,β-unsaturated/α-hetero) is 2. The van der Waals surface area contributed by atoms with Gasteiger partial charge in [-0.1, -0.05) is 98.6 Å². The van der Waals surface area contributed by atoms with Crippen LogP contribution in [0.1, 0.15) is 80.3 Å². The summed E-state index contributed by atoms with van der Waals surface area (Å²) in [6, 6.07) is 31.3. The second-order valence-corrected chi connectivity index (χ2v) is 13.5. The lowest BCUT2D eigenvalue weighted by Gasteiger charge is -2.40. The van der Waals surface area contributed by atoms with Gasteiger partial charge in [-0.05, 0) is 95.9 Å². The van der Waals surface area contributed by atoms with Crippen LogP contribution in [-0.2, 0) is 25.8 Å². The summed E-state index contributed by atoms with van der Waals surface area (Å²) in [7, 11) is 0. The average molecular weight is 603 g/mol. The summed E-state index contributed by atoms with van der Waals surface area (Å²) in [5, 5.41) is 6.50. The van der Waals surface area contributed by atoms with Crippen molar-refractivity contribution in [2.24, 2.45) is 5.41 Å². The molecule has 1 aliphatic heterocycles. The van der Waals surface area contributed by atoms with Crippen LogP contribution in [0.4, 0.5) is 11.4 Å². The minimum absolute atomic E-state index is 0.000663. The predicted octanol–water partition coefficient (Wildman–Crippen LogP) is 8.18. The van der Waals surface area contributed by atoms with E-state index in [1.165, 1.54) is 61.7 Å². The first kappa shape index (κ1) is 28.8. The van der Waals surface area contributed by atoms with Crippen LogP contribution in [0.3, 0.4) is 0 Å². The van der Waals surface area contributed by atoms with E-state index in [4.69, 9.17) is 0 Å². The van der Waals surface area contributed by atoms with Crippen molar-refractivity contribution < 1.29 is 9.59 Å². The second kappa shape index (κ2) is 11.0. The van der Waals surface area contributed by atoms with Crippen molar-refractivity contribution in [2.45, 2.75) is 65.8 Å². The van der Waals surface area contributed by atoms with Gasteiger partial charge in [-0.3, -0.25) is 9.59 Å². The molecule has 0 unspecified atom stereocenters. The van der Waals surface area contributed by atoms with Gasteiger partial charge in [0.05, 0.1) is 0 Å². The Hall–Kier alpha value is -4.64. The molecule has 0 amide bonds. The molecule has 0 bridgehead atoms. The van der Waals surface area contributed by atoms with E-state index in [2.05, 4.69) is 97.5 Å². The summed E-state index contributed by atoms with van der Waals surface area (Å²) < 4.78 is 0. The first-order valence-electron chi connectivity index (χ1n) is 16.8. The first-order chi connectivity index (χ1) is 22.4. The zero-order chi connectivity index (χ0) is 31.6. The fourth-order valence-corrected chi connectivity index (χ4v) is 8.66. The van der Waals surface area contributed by atoms with E-state index in [9.17, 15) is 9.59 Å². The van der Waals surface area contributed by atoms with Crippen molar-refractivity contribution in [3.05, 3.63) is 136 Å². The van der Waals surface area contributed by atoms with Crippen molar-refractivity contribution in [3.63, 3.8) is 0 Å². The molecule has 5 aromatic rings. The zero-order valence-electron chi connectivity index (χ0n) is 27.0. The number of carbonyl (C=O) groups is 2. The summed E-state index contributed by atoms with van der Waals surface area (Å²) in [5.74, 6) is -0.00133. The van der Waals surface area contributed by atoms with E-state index in [0.717, 1.165) is 31.5 Å². The summed E-state index contributed by atoms with van der Waals surface area (Å²) in [5.41, 5.74) is 11.4. The van der Waals surface area contributed by atoms with Gasteiger partial charge in [0.2, 0.25) is 0 Å². The maximum Gasteiger partial charge on any atom is 0.409 e. The molecule has 0 atom stereocenters. The summed E-state index contributed by atoms with van der Waals surface area (Å²) in [6.07, 6.45) is 5.37. The second-order valence-electron chi connectivity index (χ2n) is 13.5. The Morgan fingerprint density at radius 1 is 0.761 bits per heavy atom. The van der Waals surface area contributed by atoms with Crippen LogP contribution in [-0.4, -0.2) is 18.5 Å². The third-order valence-corrected chi connectivity index (χ3v) is 11.0. The van der Waals surface area contributed by atoms with E-state index in [0.29, 0.717) is 24.0 Å². The lowest BCUT2D eigenvalue weighted by molar-refractivity contribution is 0.0710. The quantitative estimate of drug-likeness (QED) is 0.116. The fraction of sp³-hybridized carbons (Fsp3) is 0.268. The predicted molar refractivity (Wildman–Crippen MR) is 190 cm³/mol. The molecule has 5 aromatic carbocycles. The highest BCUT2D eigenvalue weighted by atomic mass is 16.2. The lowest BCUT2D eigenvalue weighted by Crippen LogP contribution is -2.58. The van der Waals surface area contributed by atoms with Gasteiger partial charge in [-0.15, -0.1) is 0 Å². The minimum atomic E-state index is -1.03. The molecule has 0 saturated carbocycles. The highest BCUT2D eigenvalue weighted by molar-refractivity contribution is 6.81. The van der Waals surface area contributed by atoms with Gasteiger partial charge in [-0.2, -0.15) is 0 Å². The molecule has 0 aromatic heterocycles. The van der Waals surface area contributed by atoms with Crippen LogP contribution < -0.4 is 15.5 Å². The van der Waals surface area contributed by atoms with E-state index in [-0.39, 0.29) is 18.5 Å². The number of nitrogens with zero attached hydrogens (tertiary/aromatic N) is 1. The first-order valence-corrected chi connectivity index (χ1v) is 16.8. The molecule has 1 heterocycles. The molecule has 5 heteroatoms. The Balaban J connectivity index is 1.31. The smallest absolute Gasteiger partial charge is 0.405 e. The summed E-state index contributed by atoms with van der Waals surface area (Å²) in [4.78, 5) is 30.7. The Labute approximate surface area is 272 Å². The van der Waals surface area contributed by atoms with Crippen LogP contribution >= 0.6 is 0 Å². The van der Waals surface area contributed by atoms with Crippen LogP contribution in [0.25, 0.3) is 10.8 Å². The van der Waals surface area contributed by atoms with Gasteiger partial charge >= 0.3 is 6.98 Å². The van der Waals surface area contributed by atoms with E-state index >= 15 is 0 Å². The number of carbonyl (C=O) groups excluding carboxylic acids is 2. The third-order valence-electron chi connectivity index (χ3n) is 11.0. The van der Waals surface area contributed by atoms with Gasteiger partial charge in [0.25, 0.3) is 0 Å². The van der Waals surface area contributed by atoms with Gasteiger partial charge in [0.15, 0.2) is 11.6 Å². The molecule has 1 spiro atoms. The number of unbranched alkanes of at least 4 members (excludes halogenated alkanes) is 2. The van der Waals surface area contributed by atoms with Crippen molar-refractivity contribution >= 4 is 46.2 Å². The Bertz CT molecular complexity index is 2010. The zero-order valence-corrected chi connectivity index (χ0v) is 27.0. The number of benzene rings is 5. The number of hydrogen-bond donors (Lipinski definition) is 1. The van der Waals surface area contributed by atoms with Crippen LogP contribution in [0.2, 0.25) is 0 Å². The number of hydrogen-bond acceptors (Lipinski definition) is 4.